The van der Waals surface area contributed by atoms with Crippen LogP contribution in [0, 0.1) is 5.92 Å². The van der Waals surface area contributed by atoms with E-state index in [4.69, 9.17) is 9.47 Å². The van der Waals surface area contributed by atoms with Gasteiger partial charge in [-0.05, 0) is 33.1 Å². The van der Waals surface area contributed by atoms with E-state index in [2.05, 4.69) is 5.32 Å². The van der Waals surface area contributed by atoms with E-state index in [0.29, 0.717) is 6.42 Å². The lowest BCUT2D eigenvalue weighted by Gasteiger charge is -2.40. The molecule has 1 amide bonds. The van der Waals surface area contributed by atoms with E-state index < -0.39 is 17.2 Å². The Bertz CT molecular complexity index is 319. The first-order valence-corrected chi connectivity index (χ1v) is 5.83. The highest BCUT2D eigenvalue weighted by Crippen LogP contribution is 2.27. The standard InChI is InChI=1S/C12H21NO4/c1-8(2)6-12(7-16-9(12)14)13-10(15)17-11(3,4)5/h8H,6-7H2,1-5H3,(H,13,15)/t12-/m1/s1. The van der Waals surface area contributed by atoms with E-state index in [-0.39, 0.29) is 18.5 Å². The molecule has 17 heavy (non-hydrogen) atoms. The number of nitrogens with one attached hydrogen (secondary N) is 1. The Labute approximate surface area is 102 Å². The predicted molar refractivity (Wildman–Crippen MR) is 62.5 cm³/mol. The maximum atomic E-state index is 11.7. The van der Waals surface area contributed by atoms with E-state index in [9.17, 15) is 9.59 Å². The fourth-order valence-corrected chi connectivity index (χ4v) is 1.78. The van der Waals surface area contributed by atoms with Gasteiger partial charge >= 0.3 is 12.1 Å². The van der Waals surface area contributed by atoms with Gasteiger partial charge < -0.3 is 14.8 Å². The van der Waals surface area contributed by atoms with Crippen LogP contribution in [-0.4, -0.2) is 29.8 Å². The second-order valence-electron chi connectivity index (χ2n) is 5.88. The molecule has 0 aromatic carbocycles. The monoisotopic (exact) mass is 243 g/mol. The molecule has 98 valence electrons. The van der Waals surface area contributed by atoms with Gasteiger partial charge in [0.25, 0.3) is 0 Å². The lowest BCUT2D eigenvalue weighted by atomic mass is 9.86. The minimum atomic E-state index is -0.892. The van der Waals surface area contributed by atoms with Crippen molar-refractivity contribution in [3.8, 4) is 0 Å². The van der Waals surface area contributed by atoms with Crippen LogP contribution in [0.15, 0.2) is 0 Å². The molecule has 1 rings (SSSR count). The average Bonchev–Trinajstić information content (AvgIpc) is 2.10. The number of carbonyl (C=O) groups excluding carboxylic acids is 2. The molecule has 0 spiro atoms. The molecule has 1 heterocycles. The van der Waals surface area contributed by atoms with Crippen molar-refractivity contribution < 1.29 is 19.1 Å². The Morgan fingerprint density at radius 3 is 2.41 bits per heavy atom. The van der Waals surface area contributed by atoms with Crippen LogP contribution in [0.5, 0.6) is 0 Å². The minimum Gasteiger partial charge on any atom is -0.461 e. The van der Waals surface area contributed by atoms with Crippen molar-refractivity contribution in [3.63, 3.8) is 0 Å². The van der Waals surface area contributed by atoms with Gasteiger partial charge in [0, 0.05) is 0 Å². The molecule has 0 aromatic heterocycles. The molecule has 0 saturated carbocycles. The number of amides is 1. The van der Waals surface area contributed by atoms with Crippen LogP contribution in [-0.2, 0) is 14.3 Å². The van der Waals surface area contributed by atoms with Gasteiger partial charge in [-0.15, -0.1) is 0 Å². The summed E-state index contributed by atoms with van der Waals surface area (Å²) in [6, 6.07) is 0. The summed E-state index contributed by atoms with van der Waals surface area (Å²) < 4.78 is 9.91. The smallest absolute Gasteiger partial charge is 0.408 e. The lowest BCUT2D eigenvalue weighted by molar-refractivity contribution is -0.177. The van der Waals surface area contributed by atoms with Crippen molar-refractivity contribution in [2.24, 2.45) is 5.92 Å². The second kappa shape index (κ2) is 4.55. The number of hydrogen-bond acceptors (Lipinski definition) is 4. The molecule has 1 N–H and O–H groups in total. The van der Waals surface area contributed by atoms with Crippen LogP contribution >= 0.6 is 0 Å². The molecule has 0 unspecified atom stereocenters. The summed E-state index contributed by atoms with van der Waals surface area (Å²) in [5.41, 5.74) is -1.47. The molecule has 1 aliphatic rings. The molecule has 0 radical (unpaired) electrons. The predicted octanol–water partition coefficient (Wildman–Crippen LogP) is 1.85. The van der Waals surface area contributed by atoms with Crippen LogP contribution < -0.4 is 5.32 Å². The van der Waals surface area contributed by atoms with E-state index in [1.54, 1.807) is 20.8 Å². The van der Waals surface area contributed by atoms with Gasteiger partial charge in [-0.2, -0.15) is 0 Å². The Morgan fingerprint density at radius 1 is 1.53 bits per heavy atom. The highest BCUT2D eigenvalue weighted by molar-refractivity contribution is 5.90. The van der Waals surface area contributed by atoms with E-state index in [1.807, 2.05) is 13.8 Å². The normalized spacial score (nSPS) is 24.0. The summed E-state index contributed by atoms with van der Waals surface area (Å²) in [7, 11) is 0. The third kappa shape index (κ3) is 3.61. The van der Waals surface area contributed by atoms with Crippen molar-refractivity contribution >= 4 is 12.1 Å². The SMILES string of the molecule is CC(C)C[C@@]1(NC(=O)OC(C)(C)C)COC1=O. The van der Waals surface area contributed by atoms with Gasteiger partial charge in [0.15, 0.2) is 5.54 Å². The zero-order chi connectivity index (χ0) is 13.3. The van der Waals surface area contributed by atoms with Crippen molar-refractivity contribution in [2.45, 2.75) is 52.2 Å². The van der Waals surface area contributed by atoms with Crippen LogP contribution in [0.2, 0.25) is 0 Å². The Balaban J connectivity index is 2.62. The van der Waals surface area contributed by atoms with Gasteiger partial charge in [0.1, 0.15) is 12.2 Å². The molecule has 5 heteroatoms. The van der Waals surface area contributed by atoms with E-state index in [0.717, 1.165) is 0 Å². The Morgan fingerprint density at radius 2 is 2.12 bits per heavy atom. The Hall–Kier alpha value is -1.26. The fourth-order valence-electron chi connectivity index (χ4n) is 1.78. The number of hydrogen-bond donors (Lipinski definition) is 1. The number of cyclic esters (lactones) is 1. The van der Waals surface area contributed by atoms with Gasteiger partial charge in [0.05, 0.1) is 0 Å². The first kappa shape index (κ1) is 13.8. The molecule has 5 nitrogen and oxygen atoms in total. The maximum absolute atomic E-state index is 11.7. The summed E-state index contributed by atoms with van der Waals surface area (Å²) in [6.07, 6.45) is -0.0137. The molecule has 1 atom stereocenters. The largest absolute Gasteiger partial charge is 0.461 e. The van der Waals surface area contributed by atoms with Crippen LogP contribution in [0.1, 0.15) is 41.0 Å². The minimum absolute atomic E-state index is 0.225. The fraction of sp³-hybridized carbons (Fsp3) is 0.833. The van der Waals surface area contributed by atoms with Crippen molar-refractivity contribution in [1.29, 1.82) is 0 Å². The van der Waals surface area contributed by atoms with Crippen molar-refractivity contribution in [3.05, 3.63) is 0 Å². The average molecular weight is 243 g/mol. The first-order valence-electron chi connectivity index (χ1n) is 5.83. The summed E-state index contributed by atoms with van der Waals surface area (Å²) in [5.74, 6) is -0.0881. The maximum Gasteiger partial charge on any atom is 0.408 e. The van der Waals surface area contributed by atoms with E-state index in [1.165, 1.54) is 0 Å². The van der Waals surface area contributed by atoms with Crippen LogP contribution in [0.25, 0.3) is 0 Å². The first-order chi connectivity index (χ1) is 7.65. The molecular formula is C12H21NO4. The summed E-state index contributed by atoms with van der Waals surface area (Å²) in [5, 5.41) is 2.63. The van der Waals surface area contributed by atoms with Crippen LogP contribution in [0.3, 0.4) is 0 Å². The van der Waals surface area contributed by atoms with Gasteiger partial charge in [0.2, 0.25) is 0 Å². The molecule has 0 aliphatic carbocycles. The molecule has 0 bridgehead atoms. The van der Waals surface area contributed by atoms with Crippen molar-refractivity contribution in [2.75, 3.05) is 6.61 Å². The number of rotatable bonds is 3. The van der Waals surface area contributed by atoms with Crippen LogP contribution in [0.4, 0.5) is 4.79 Å². The molecular weight excluding hydrogens is 222 g/mol. The molecule has 1 fully saturated rings. The van der Waals surface area contributed by atoms with Gasteiger partial charge in [-0.1, -0.05) is 13.8 Å². The summed E-state index contributed by atoms with van der Waals surface area (Å²) >= 11 is 0. The molecule has 1 saturated heterocycles. The van der Waals surface area contributed by atoms with Gasteiger partial charge in [-0.3, -0.25) is 0 Å². The number of alkyl carbamates (subject to hydrolysis) is 1. The lowest BCUT2D eigenvalue weighted by Crippen LogP contribution is -2.66. The zero-order valence-corrected chi connectivity index (χ0v) is 11.1. The molecule has 1 aliphatic heterocycles. The summed E-state index contributed by atoms with van der Waals surface area (Å²) in [6.45, 7) is 9.54. The highest BCUT2D eigenvalue weighted by atomic mass is 16.6. The third-order valence-electron chi connectivity index (χ3n) is 2.34. The quantitative estimate of drug-likeness (QED) is 0.768. The van der Waals surface area contributed by atoms with E-state index >= 15 is 0 Å². The topological polar surface area (TPSA) is 64.6 Å². The third-order valence-corrected chi connectivity index (χ3v) is 2.34. The van der Waals surface area contributed by atoms with Crippen molar-refractivity contribution in [1.82, 2.24) is 5.32 Å². The zero-order valence-electron chi connectivity index (χ0n) is 11.1. The number of carbonyl (C=O) groups is 2. The number of ether oxygens (including phenoxy) is 2. The summed E-state index contributed by atoms with van der Waals surface area (Å²) in [4.78, 5) is 23.1. The molecule has 0 aromatic rings. The number of esters is 1. The highest BCUT2D eigenvalue weighted by Gasteiger charge is 2.51. The second-order valence-corrected chi connectivity index (χ2v) is 5.88. The Kier molecular flexibility index (Phi) is 3.69. The van der Waals surface area contributed by atoms with Gasteiger partial charge in [-0.25, -0.2) is 9.59 Å².